The molecule has 1 amide bonds. The number of nitrogens with one attached hydrogen (secondary N) is 2. The number of piperidine rings is 1. The summed E-state index contributed by atoms with van der Waals surface area (Å²) >= 11 is 0. The fourth-order valence-electron chi connectivity index (χ4n) is 2.05. The molecule has 0 radical (unpaired) electrons. The summed E-state index contributed by atoms with van der Waals surface area (Å²) in [4.78, 5) is 22.7. The van der Waals surface area contributed by atoms with Crippen molar-refractivity contribution in [3.63, 3.8) is 0 Å². The van der Waals surface area contributed by atoms with Crippen LogP contribution in [0.1, 0.15) is 26.2 Å². The van der Waals surface area contributed by atoms with Crippen molar-refractivity contribution in [3.05, 3.63) is 0 Å². The van der Waals surface area contributed by atoms with E-state index in [9.17, 15) is 9.59 Å². The van der Waals surface area contributed by atoms with Crippen molar-refractivity contribution >= 4 is 11.9 Å². The normalized spacial score (nSPS) is 26.2. The Hall–Kier alpha value is -1.14. The minimum Gasteiger partial charge on any atom is -0.480 e. The average Bonchev–Trinajstić information content (AvgIpc) is 2.28. The summed E-state index contributed by atoms with van der Waals surface area (Å²) in [6.45, 7) is 2.49. The van der Waals surface area contributed by atoms with Gasteiger partial charge in [-0.05, 0) is 25.3 Å². The molecule has 0 aromatic carbocycles. The minimum atomic E-state index is -1.11. The van der Waals surface area contributed by atoms with Crippen LogP contribution in [-0.4, -0.2) is 47.3 Å². The summed E-state index contributed by atoms with van der Waals surface area (Å²) in [5, 5.41) is 23.1. The summed E-state index contributed by atoms with van der Waals surface area (Å²) in [6, 6.07) is -1.34. The zero-order chi connectivity index (χ0) is 12.8. The van der Waals surface area contributed by atoms with Crippen LogP contribution in [0.4, 0.5) is 0 Å². The maximum Gasteiger partial charge on any atom is 0.326 e. The molecule has 1 saturated heterocycles. The number of carboxylic acid groups (broad SMARTS) is 1. The van der Waals surface area contributed by atoms with Gasteiger partial charge in [0.1, 0.15) is 6.04 Å². The number of aliphatic carboxylic acids is 1. The second-order valence-corrected chi connectivity index (χ2v) is 4.46. The number of hydrogen-bond acceptors (Lipinski definition) is 4. The number of hydrogen-bond donors (Lipinski definition) is 4. The predicted octanol–water partition coefficient (Wildman–Crippen LogP) is -0.674. The van der Waals surface area contributed by atoms with Crippen molar-refractivity contribution in [1.29, 1.82) is 0 Å². The van der Waals surface area contributed by atoms with Gasteiger partial charge in [-0.2, -0.15) is 0 Å². The second kappa shape index (κ2) is 6.56. The smallest absolute Gasteiger partial charge is 0.326 e. The Bertz CT molecular complexity index is 283. The van der Waals surface area contributed by atoms with Crippen molar-refractivity contribution in [3.8, 4) is 0 Å². The predicted molar refractivity (Wildman–Crippen MR) is 61.5 cm³/mol. The van der Waals surface area contributed by atoms with Gasteiger partial charge in [0, 0.05) is 13.0 Å². The molecule has 0 spiro atoms. The molecule has 1 heterocycles. The molecule has 0 aromatic rings. The molecule has 1 rings (SSSR count). The van der Waals surface area contributed by atoms with E-state index in [-0.39, 0.29) is 30.9 Å². The van der Waals surface area contributed by atoms with Crippen LogP contribution in [0.3, 0.4) is 0 Å². The molecule has 0 saturated carbocycles. The quantitative estimate of drug-likeness (QED) is 0.514. The van der Waals surface area contributed by atoms with Gasteiger partial charge in [-0.1, -0.05) is 6.92 Å². The summed E-state index contributed by atoms with van der Waals surface area (Å²) in [5.41, 5.74) is 0. The number of aliphatic hydroxyl groups excluding tert-OH is 1. The van der Waals surface area contributed by atoms with Gasteiger partial charge in [-0.3, -0.25) is 4.79 Å². The van der Waals surface area contributed by atoms with Crippen LogP contribution in [0.25, 0.3) is 0 Å². The van der Waals surface area contributed by atoms with Crippen LogP contribution in [0.15, 0.2) is 0 Å². The largest absolute Gasteiger partial charge is 0.480 e. The molecule has 3 atom stereocenters. The Morgan fingerprint density at radius 2 is 2.24 bits per heavy atom. The summed E-state index contributed by atoms with van der Waals surface area (Å²) in [7, 11) is 0. The first-order valence-corrected chi connectivity index (χ1v) is 5.93. The fraction of sp³-hybridized carbons (Fsp3) is 0.818. The van der Waals surface area contributed by atoms with E-state index in [1.165, 1.54) is 0 Å². The Kier molecular flexibility index (Phi) is 5.37. The molecule has 0 aromatic heterocycles. The van der Waals surface area contributed by atoms with Crippen LogP contribution in [-0.2, 0) is 9.59 Å². The maximum atomic E-state index is 11.9. The molecule has 6 heteroatoms. The number of aliphatic hydroxyl groups is 1. The van der Waals surface area contributed by atoms with Crippen molar-refractivity contribution in [2.45, 2.75) is 38.3 Å². The van der Waals surface area contributed by atoms with E-state index in [1.54, 1.807) is 0 Å². The number of carbonyl (C=O) groups is 2. The lowest BCUT2D eigenvalue weighted by Crippen LogP contribution is -2.54. The molecule has 2 unspecified atom stereocenters. The van der Waals surface area contributed by atoms with E-state index in [2.05, 4.69) is 10.6 Å². The second-order valence-electron chi connectivity index (χ2n) is 4.46. The maximum absolute atomic E-state index is 11.9. The van der Waals surface area contributed by atoms with E-state index >= 15 is 0 Å². The number of rotatable bonds is 5. The highest BCUT2D eigenvalue weighted by molar-refractivity contribution is 5.87. The lowest BCUT2D eigenvalue weighted by atomic mass is 9.92. The minimum absolute atomic E-state index is 0.0299. The molecule has 1 aliphatic rings. The van der Waals surface area contributed by atoms with Crippen LogP contribution in [0, 0.1) is 5.92 Å². The van der Waals surface area contributed by atoms with Crippen molar-refractivity contribution in [2.24, 2.45) is 5.92 Å². The summed E-state index contributed by atoms with van der Waals surface area (Å²) in [5.74, 6) is -1.21. The van der Waals surface area contributed by atoms with Crippen LogP contribution in [0.5, 0.6) is 0 Å². The first kappa shape index (κ1) is 13.9. The van der Waals surface area contributed by atoms with E-state index in [0.29, 0.717) is 0 Å². The summed E-state index contributed by atoms with van der Waals surface area (Å²) < 4.78 is 0. The van der Waals surface area contributed by atoms with Gasteiger partial charge >= 0.3 is 5.97 Å². The number of carboxylic acids is 1. The van der Waals surface area contributed by atoms with E-state index in [4.69, 9.17) is 10.2 Å². The van der Waals surface area contributed by atoms with Gasteiger partial charge in [0.15, 0.2) is 0 Å². The third-order valence-corrected chi connectivity index (χ3v) is 3.08. The van der Waals surface area contributed by atoms with Crippen LogP contribution in [0.2, 0.25) is 0 Å². The van der Waals surface area contributed by atoms with Gasteiger partial charge in [0.2, 0.25) is 5.91 Å². The Labute approximate surface area is 100 Å². The Balaban J connectivity index is 2.53. The highest BCUT2D eigenvalue weighted by Crippen LogP contribution is 2.15. The molecule has 1 aliphatic heterocycles. The fourth-order valence-corrected chi connectivity index (χ4v) is 2.05. The Morgan fingerprint density at radius 3 is 2.76 bits per heavy atom. The molecule has 4 N–H and O–H groups in total. The monoisotopic (exact) mass is 244 g/mol. The van der Waals surface area contributed by atoms with Crippen molar-refractivity contribution < 1.29 is 19.8 Å². The zero-order valence-corrected chi connectivity index (χ0v) is 9.98. The molecular formula is C11H20N2O4. The highest BCUT2D eigenvalue weighted by atomic mass is 16.4. The third kappa shape index (κ3) is 3.98. The van der Waals surface area contributed by atoms with Crippen LogP contribution < -0.4 is 10.6 Å². The van der Waals surface area contributed by atoms with Gasteiger partial charge in [0.25, 0.3) is 0 Å². The number of amides is 1. The van der Waals surface area contributed by atoms with Gasteiger partial charge in [-0.25, -0.2) is 4.79 Å². The van der Waals surface area contributed by atoms with E-state index in [0.717, 1.165) is 19.4 Å². The third-order valence-electron chi connectivity index (χ3n) is 3.08. The van der Waals surface area contributed by atoms with Gasteiger partial charge < -0.3 is 20.8 Å². The number of carbonyl (C=O) groups excluding carboxylic acids is 1. The van der Waals surface area contributed by atoms with E-state index < -0.39 is 12.0 Å². The molecular weight excluding hydrogens is 224 g/mol. The molecule has 98 valence electrons. The average molecular weight is 244 g/mol. The zero-order valence-electron chi connectivity index (χ0n) is 9.98. The molecule has 6 nitrogen and oxygen atoms in total. The SMILES string of the molecule is CC1CCCNC1C(=O)N[C@@H](CCO)C(=O)O. The van der Waals surface area contributed by atoms with E-state index in [1.807, 2.05) is 6.92 Å². The summed E-state index contributed by atoms with van der Waals surface area (Å²) in [6.07, 6.45) is 2.02. The topological polar surface area (TPSA) is 98.7 Å². The highest BCUT2D eigenvalue weighted by Gasteiger charge is 2.30. The first-order valence-electron chi connectivity index (χ1n) is 5.93. The van der Waals surface area contributed by atoms with Gasteiger partial charge in [-0.15, -0.1) is 0 Å². The molecule has 0 aliphatic carbocycles. The lowest BCUT2D eigenvalue weighted by Gasteiger charge is -2.29. The standard InChI is InChI=1S/C11H20N2O4/c1-7-3-2-5-12-9(7)10(15)13-8(4-6-14)11(16)17/h7-9,12,14H,2-6H2,1H3,(H,13,15)(H,16,17)/t7?,8-,9?/m0/s1. The van der Waals surface area contributed by atoms with Crippen molar-refractivity contribution in [1.82, 2.24) is 10.6 Å². The molecule has 1 fully saturated rings. The van der Waals surface area contributed by atoms with Gasteiger partial charge in [0.05, 0.1) is 6.04 Å². The Morgan fingerprint density at radius 1 is 1.53 bits per heavy atom. The molecule has 0 bridgehead atoms. The first-order chi connectivity index (χ1) is 8.06. The molecule has 17 heavy (non-hydrogen) atoms. The van der Waals surface area contributed by atoms with Crippen LogP contribution >= 0.6 is 0 Å². The lowest BCUT2D eigenvalue weighted by molar-refractivity contribution is -0.142. The van der Waals surface area contributed by atoms with Crippen molar-refractivity contribution in [2.75, 3.05) is 13.2 Å².